The van der Waals surface area contributed by atoms with Gasteiger partial charge in [-0.2, -0.15) is 0 Å². The summed E-state index contributed by atoms with van der Waals surface area (Å²) in [5, 5.41) is -0.0430. The van der Waals surface area contributed by atoms with Gasteiger partial charge in [-0.25, -0.2) is 8.42 Å². The number of hydrogen-bond donors (Lipinski definition) is 1. The maximum absolute atomic E-state index is 12.2. The molecule has 0 aliphatic carbocycles. The van der Waals surface area contributed by atoms with Crippen LogP contribution in [-0.4, -0.2) is 14.2 Å². The van der Waals surface area contributed by atoms with Crippen molar-refractivity contribution in [1.82, 2.24) is 0 Å². The topological polar surface area (TPSA) is 60.2 Å². The molecule has 1 aliphatic rings. The average Bonchev–Trinajstić information content (AvgIpc) is 2.65. The number of nitrogens with two attached hydrogens (primary N) is 1. The second kappa shape index (κ2) is 4.82. The molecule has 1 atom stereocenters. The summed E-state index contributed by atoms with van der Waals surface area (Å²) in [4.78, 5) is 1.56. The molecule has 20 heavy (non-hydrogen) atoms. The van der Waals surface area contributed by atoms with Gasteiger partial charge in [-0.3, -0.25) is 0 Å². The van der Waals surface area contributed by atoms with E-state index in [0.29, 0.717) is 4.90 Å². The van der Waals surface area contributed by atoms with E-state index in [9.17, 15) is 8.42 Å². The first-order valence-corrected chi connectivity index (χ1v) is 8.85. The first-order valence-electron chi connectivity index (χ1n) is 6.32. The van der Waals surface area contributed by atoms with E-state index >= 15 is 0 Å². The van der Waals surface area contributed by atoms with Crippen molar-refractivity contribution in [3.63, 3.8) is 0 Å². The number of rotatable bonds is 2. The van der Waals surface area contributed by atoms with Crippen molar-refractivity contribution in [3.8, 4) is 0 Å². The molecular weight excluding hydrogens is 290 g/mol. The van der Waals surface area contributed by atoms with Gasteiger partial charge < -0.3 is 5.73 Å². The summed E-state index contributed by atoms with van der Waals surface area (Å²) in [6, 6.07) is 13.0. The number of sulfone groups is 1. The van der Waals surface area contributed by atoms with Gasteiger partial charge in [0.25, 0.3) is 0 Å². The highest BCUT2D eigenvalue weighted by molar-refractivity contribution is 8.01. The Morgan fingerprint density at radius 2 is 1.95 bits per heavy atom. The van der Waals surface area contributed by atoms with Crippen LogP contribution in [0.5, 0.6) is 0 Å². The lowest BCUT2D eigenvalue weighted by Crippen LogP contribution is -2.01. The molecule has 0 bridgehead atoms. The van der Waals surface area contributed by atoms with Crippen LogP contribution >= 0.6 is 11.8 Å². The second-order valence-corrected chi connectivity index (χ2v) is 8.20. The Hall–Kier alpha value is -1.46. The van der Waals surface area contributed by atoms with Crippen LogP contribution in [0, 0.1) is 6.92 Å². The Balaban J connectivity index is 1.97. The van der Waals surface area contributed by atoms with Crippen LogP contribution in [0.15, 0.2) is 52.3 Å². The lowest BCUT2D eigenvalue weighted by molar-refractivity contribution is 0.600. The van der Waals surface area contributed by atoms with Crippen LogP contribution in [0.2, 0.25) is 0 Å². The molecule has 3 nitrogen and oxygen atoms in total. The van der Waals surface area contributed by atoms with Gasteiger partial charge >= 0.3 is 0 Å². The maximum Gasteiger partial charge on any atom is 0.180 e. The van der Waals surface area contributed by atoms with Gasteiger partial charge in [0, 0.05) is 10.6 Å². The minimum atomic E-state index is -3.14. The lowest BCUT2D eigenvalue weighted by atomic mass is 10.2. The van der Waals surface area contributed by atoms with Crippen molar-refractivity contribution in [2.24, 2.45) is 0 Å². The molecule has 0 aromatic heterocycles. The van der Waals surface area contributed by atoms with Crippen LogP contribution in [-0.2, 0) is 9.84 Å². The smallest absolute Gasteiger partial charge is 0.180 e. The molecule has 0 radical (unpaired) electrons. The van der Waals surface area contributed by atoms with Gasteiger partial charge in [-0.05, 0) is 42.3 Å². The van der Waals surface area contributed by atoms with Gasteiger partial charge in [-0.1, -0.05) is 18.2 Å². The summed E-state index contributed by atoms with van der Waals surface area (Å²) in [7, 11) is -3.14. The summed E-state index contributed by atoms with van der Waals surface area (Å²) in [6.45, 7) is 1.99. The average molecular weight is 305 g/mol. The van der Waals surface area contributed by atoms with Crippen LogP contribution in [0.3, 0.4) is 0 Å². The third-order valence-electron chi connectivity index (χ3n) is 3.44. The highest BCUT2D eigenvalue weighted by Crippen LogP contribution is 2.45. The number of anilines is 1. The monoisotopic (exact) mass is 305 g/mol. The number of thioether (sulfide) groups is 1. The minimum absolute atomic E-state index is 0.0430. The Labute approximate surface area is 123 Å². The fourth-order valence-corrected chi connectivity index (χ4v) is 5.99. The summed E-state index contributed by atoms with van der Waals surface area (Å²) >= 11 is 1.60. The summed E-state index contributed by atoms with van der Waals surface area (Å²) in [6.07, 6.45) is 0. The largest absolute Gasteiger partial charge is 0.399 e. The van der Waals surface area contributed by atoms with Crippen molar-refractivity contribution >= 4 is 27.3 Å². The molecule has 2 N–H and O–H groups in total. The SMILES string of the molecule is Cc1cc(N)ccc1SC1CS(=O)(=O)c2ccccc21. The Kier molecular flexibility index (Phi) is 3.26. The van der Waals surface area contributed by atoms with E-state index in [1.54, 1.807) is 23.9 Å². The van der Waals surface area contributed by atoms with Gasteiger partial charge in [0.15, 0.2) is 9.84 Å². The number of fused-ring (bicyclic) bond motifs is 1. The van der Waals surface area contributed by atoms with E-state index in [0.717, 1.165) is 21.7 Å². The zero-order valence-corrected chi connectivity index (χ0v) is 12.7. The zero-order valence-electron chi connectivity index (χ0n) is 11.0. The minimum Gasteiger partial charge on any atom is -0.399 e. The Bertz CT molecular complexity index is 769. The highest BCUT2D eigenvalue weighted by atomic mass is 32.2. The number of aryl methyl sites for hydroxylation is 1. The molecule has 0 saturated heterocycles. The summed E-state index contributed by atoms with van der Waals surface area (Å²) < 4.78 is 24.3. The molecule has 1 unspecified atom stereocenters. The molecule has 1 aliphatic heterocycles. The fourth-order valence-electron chi connectivity index (χ4n) is 2.46. The first-order chi connectivity index (χ1) is 9.47. The predicted octanol–water partition coefficient (Wildman–Crippen LogP) is 3.20. The zero-order chi connectivity index (χ0) is 14.3. The summed E-state index contributed by atoms with van der Waals surface area (Å²) in [5.74, 6) is 0.167. The molecule has 0 spiro atoms. The van der Waals surface area contributed by atoms with Crippen molar-refractivity contribution in [2.45, 2.75) is 22.0 Å². The van der Waals surface area contributed by atoms with Gasteiger partial charge in [-0.15, -0.1) is 11.8 Å². The molecule has 3 rings (SSSR count). The first kappa shape index (κ1) is 13.5. The fraction of sp³-hybridized carbons (Fsp3) is 0.200. The maximum atomic E-state index is 12.2. The van der Waals surface area contributed by atoms with Crippen molar-refractivity contribution in [1.29, 1.82) is 0 Å². The van der Waals surface area contributed by atoms with E-state index in [1.165, 1.54) is 0 Å². The molecule has 2 aromatic rings. The molecule has 2 aromatic carbocycles. The van der Waals surface area contributed by atoms with Crippen LogP contribution in [0.4, 0.5) is 5.69 Å². The second-order valence-electron chi connectivity index (χ2n) is 4.95. The van der Waals surface area contributed by atoms with Crippen LogP contribution in [0.25, 0.3) is 0 Å². The van der Waals surface area contributed by atoms with Crippen LogP contribution in [0.1, 0.15) is 16.4 Å². The quantitative estimate of drug-likeness (QED) is 0.866. The highest BCUT2D eigenvalue weighted by Gasteiger charge is 2.34. The van der Waals surface area contributed by atoms with Crippen molar-refractivity contribution < 1.29 is 8.42 Å². The standard InChI is InChI=1S/C15H15NO2S2/c1-10-8-11(16)6-7-13(10)19-14-9-20(17,18)15-5-3-2-4-12(14)15/h2-8,14H,9,16H2,1H3. The van der Waals surface area contributed by atoms with Crippen molar-refractivity contribution in [3.05, 3.63) is 53.6 Å². The van der Waals surface area contributed by atoms with Gasteiger partial charge in [0.05, 0.1) is 15.9 Å². The van der Waals surface area contributed by atoms with E-state index in [-0.39, 0.29) is 11.0 Å². The Morgan fingerprint density at radius 1 is 1.20 bits per heavy atom. The van der Waals surface area contributed by atoms with E-state index in [1.807, 2.05) is 37.3 Å². The molecule has 0 fully saturated rings. The molecule has 5 heteroatoms. The van der Waals surface area contributed by atoms with E-state index in [2.05, 4.69) is 0 Å². The molecule has 104 valence electrons. The molecule has 0 saturated carbocycles. The molecular formula is C15H15NO2S2. The third kappa shape index (κ3) is 2.31. The third-order valence-corrected chi connectivity index (χ3v) is 6.88. The van der Waals surface area contributed by atoms with Gasteiger partial charge in [0.1, 0.15) is 0 Å². The normalized spacial score (nSPS) is 19.8. The van der Waals surface area contributed by atoms with E-state index in [4.69, 9.17) is 5.73 Å². The number of benzene rings is 2. The molecule has 1 heterocycles. The van der Waals surface area contributed by atoms with Crippen LogP contribution < -0.4 is 5.73 Å². The Morgan fingerprint density at radius 3 is 2.70 bits per heavy atom. The number of nitrogen functional groups attached to an aromatic ring is 1. The van der Waals surface area contributed by atoms with Crippen molar-refractivity contribution in [2.75, 3.05) is 11.5 Å². The number of hydrogen-bond acceptors (Lipinski definition) is 4. The van der Waals surface area contributed by atoms with Gasteiger partial charge in [0.2, 0.25) is 0 Å². The molecule has 0 amide bonds. The lowest BCUT2D eigenvalue weighted by Gasteiger charge is -2.12. The predicted molar refractivity (Wildman–Crippen MR) is 82.7 cm³/mol. The van der Waals surface area contributed by atoms with E-state index < -0.39 is 9.84 Å². The summed E-state index contributed by atoms with van der Waals surface area (Å²) in [5.41, 5.74) is 8.47.